The molecular formula is C26H35N3O5S2. The van der Waals surface area contributed by atoms with E-state index in [0.717, 1.165) is 10.2 Å². The monoisotopic (exact) mass is 533 g/mol. The van der Waals surface area contributed by atoms with Crippen LogP contribution in [-0.4, -0.2) is 48.2 Å². The number of aromatic nitrogens is 1. The molecule has 0 aliphatic heterocycles. The molecule has 0 saturated carbocycles. The molecule has 8 nitrogen and oxygen atoms in total. The highest BCUT2D eigenvalue weighted by Crippen LogP contribution is 2.36. The summed E-state index contributed by atoms with van der Waals surface area (Å²) in [4.78, 5) is 18.6. The molecule has 1 amide bonds. The van der Waals surface area contributed by atoms with E-state index >= 15 is 0 Å². The van der Waals surface area contributed by atoms with Gasteiger partial charge in [-0.1, -0.05) is 32.9 Å². The number of nitrogens with zero attached hydrogens (tertiary/aromatic N) is 3. The molecule has 1 heterocycles. The van der Waals surface area contributed by atoms with Gasteiger partial charge in [0.1, 0.15) is 11.4 Å². The van der Waals surface area contributed by atoms with Crippen molar-refractivity contribution < 1.29 is 23.1 Å². The Labute approximate surface area is 217 Å². The quantitative estimate of drug-likeness (QED) is 0.362. The Bertz CT molecular complexity index is 1310. The van der Waals surface area contributed by atoms with Crippen molar-refractivity contribution in [2.75, 3.05) is 17.4 Å². The predicted molar refractivity (Wildman–Crippen MR) is 144 cm³/mol. The Morgan fingerprint density at radius 1 is 1.19 bits per heavy atom. The van der Waals surface area contributed by atoms with Crippen LogP contribution < -0.4 is 4.31 Å². The Morgan fingerprint density at radius 2 is 1.92 bits per heavy atom. The molecule has 0 aliphatic rings. The molecule has 36 heavy (non-hydrogen) atoms. The van der Waals surface area contributed by atoms with Crippen molar-refractivity contribution in [2.24, 2.45) is 5.92 Å². The summed E-state index contributed by atoms with van der Waals surface area (Å²) in [6.07, 6.45) is 0.215. The van der Waals surface area contributed by atoms with E-state index in [-0.39, 0.29) is 35.3 Å². The van der Waals surface area contributed by atoms with Crippen LogP contribution in [0.4, 0.5) is 10.5 Å². The minimum absolute atomic E-state index is 0.00619. The highest BCUT2D eigenvalue weighted by atomic mass is 32.2. The molecule has 0 fully saturated rings. The molecule has 2 aromatic carbocycles. The van der Waals surface area contributed by atoms with Gasteiger partial charge in [0, 0.05) is 18.7 Å². The Morgan fingerprint density at radius 3 is 2.56 bits per heavy atom. The molecule has 0 spiro atoms. The number of carbonyl (C=O) groups is 1. The van der Waals surface area contributed by atoms with E-state index in [1.54, 1.807) is 56.6 Å². The number of phenolic OH excluding ortho intramolecular Hbond substituents is 1. The van der Waals surface area contributed by atoms with E-state index in [1.807, 2.05) is 20.8 Å². The average Bonchev–Trinajstić information content (AvgIpc) is 3.25. The first-order chi connectivity index (χ1) is 16.8. The zero-order chi connectivity index (χ0) is 26.7. The maximum atomic E-state index is 13.8. The van der Waals surface area contributed by atoms with E-state index in [4.69, 9.17) is 4.74 Å². The fraction of sp³-hybridized carbons (Fsp3) is 0.462. The minimum Gasteiger partial charge on any atom is -0.505 e. The molecule has 3 aromatic rings. The van der Waals surface area contributed by atoms with Gasteiger partial charge >= 0.3 is 6.09 Å². The van der Waals surface area contributed by atoms with E-state index in [2.05, 4.69) is 4.98 Å². The second-order valence-corrected chi connectivity index (χ2v) is 12.8. The van der Waals surface area contributed by atoms with Gasteiger partial charge in [-0.3, -0.25) is 4.31 Å². The topological polar surface area (TPSA) is 100 Å². The van der Waals surface area contributed by atoms with E-state index in [0.29, 0.717) is 18.5 Å². The third-order valence-corrected chi connectivity index (χ3v) is 7.86. The van der Waals surface area contributed by atoms with Gasteiger partial charge in [-0.25, -0.2) is 18.2 Å². The summed E-state index contributed by atoms with van der Waals surface area (Å²) in [5.41, 5.74) is 2.36. The number of hydrogen-bond donors (Lipinski definition) is 1. The molecule has 0 unspecified atom stereocenters. The molecule has 1 aromatic heterocycles. The van der Waals surface area contributed by atoms with Crippen LogP contribution in [0.5, 0.6) is 5.75 Å². The first kappa shape index (κ1) is 27.7. The predicted octanol–water partition coefficient (Wildman–Crippen LogP) is 6.00. The van der Waals surface area contributed by atoms with Crippen LogP contribution in [0.2, 0.25) is 0 Å². The molecule has 196 valence electrons. The lowest BCUT2D eigenvalue weighted by Gasteiger charge is -2.29. The van der Waals surface area contributed by atoms with Crippen molar-refractivity contribution in [3.05, 3.63) is 47.5 Å². The van der Waals surface area contributed by atoms with Crippen molar-refractivity contribution in [1.29, 1.82) is 0 Å². The maximum Gasteiger partial charge on any atom is 0.410 e. The second-order valence-electron chi connectivity index (χ2n) is 10.1. The smallest absolute Gasteiger partial charge is 0.410 e. The number of ether oxygens (including phenoxy) is 1. The third-order valence-electron chi connectivity index (χ3n) is 5.30. The summed E-state index contributed by atoms with van der Waals surface area (Å²) < 4.78 is 35.1. The van der Waals surface area contributed by atoms with Gasteiger partial charge in [0.2, 0.25) is 0 Å². The number of fused-ring (bicyclic) bond motifs is 1. The lowest BCUT2D eigenvalue weighted by Crippen LogP contribution is -2.37. The number of sulfonamides is 1. The number of rotatable bonds is 9. The van der Waals surface area contributed by atoms with Crippen LogP contribution in [0.25, 0.3) is 10.2 Å². The van der Waals surface area contributed by atoms with Crippen LogP contribution in [0.3, 0.4) is 0 Å². The van der Waals surface area contributed by atoms with Crippen LogP contribution in [0.1, 0.15) is 53.5 Å². The van der Waals surface area contributed by atoms with Crippen molar-refractivity contribution in [1.82, 2.24) is 9.88 Å². The zero-order valence-corrected chi connectivity index (χ0v) is 23.3. The fourth-order valence-electron chi connectivity index (χ4n) is 3.72. The number of hydrogen-bond acceptors (Lipinski definition) is 7. The van der Waals surface area contributed by atoms with Crippen molar-refractivity contribution in [3.8, 4) is 5.75 Å². The summed E-state index contributed by atoms with van der Waals surface area (Å²) >= 11 is 1.37. The first-order valence-electron chi connectivity index (χ1n) is 12.0. The highest BCUT2D eigenvalue weighted by molar-refractivity contribution is 7.92. The number of thiazole rings is 1. The van der Waals surface area contributed by atoms with E-state index in [9.17, 15) is 18.3 Å². The van der Waals surface area contributed by atoms with E-state index in [1.165, 1.54) is 26.6 Å². The summed E-state index contributed by atoms with van der Waals surface area (Å²) in [5, 5.41) is 11.3. The van der Waals surface area contributed by atoms with Crippen molar-refractivity contribution in [2.45, 2.75) is 65.0 Å². The highest BCUT2D eigenvalue weighted by Gasteiger charge is 2.30. The van der Waals surface area contributed by atoms with Gasteiger partial charge in [0.05, 0.1) is 32.9 Å². The van der Waals surface area contributed by atoms with Crippen LogP contribution in [0, 0.1) is 5.92 Å². The molecule has 0 atom stereocenters. The van der Waals surface area contributed by atoms with Gasteiger partial charge in [-0.05, 0) is 57.4 Å². The number of amides is 1. The summed E-state index contributed by atoms with van der Waals surface area (Å²) in [6.45, 7) is 11.9. The summed E-state index contributed by atoms with van der Waals surface area (Å²) in [7, 11) is -3.99. The largest absolute Gasteiger partial charge is 0.505 e. The standard InChI is InChI=1S/C26H35N3O5S2/c1-7-13-28(25(31)34-26(4,5)6)16-19-9-8-10-22(24(19)30)29(15-18(2)3)36(32,33)20-11-12-21-23(14-20)35-17-27-21/h8-12,14,17-18,30H,7,13,15-16H2,1-6H3. The van der Waals surface area contributed by atoms with Crippen LogP contribution in [0.15, 0.2) is 46.8 Å². The number of carbonyl (C=O) groups excluding carboxylic acids is 1. The SMILES string of the molecule is CCCN(Cc1cccc(N(CC(C)C)S(=O)(=O)c2ccc3ncsc3c2)c1O)C(=O)OC(C)(C)C. The fourth-order valence-corrected chi connectivity index (χ4v) is 6.18. The number of phenols is 1. The summed E-state index contributed by atoms with van der Waals surface area (Å²) in [6, 6.07) is 9.81. The number of para-hydroxylation sites is 1. The molecule has 0 bridgehead atoms. The Hall–Kier alpha value is -2.85. The van der Waals surface area contributed by atoms with Gasteiger partial charge in [-0.2, -0.15) is 0 Å². The van der Waals surface area contributed by atoms with Crippen molar-refractivity contribution >= 4 is 43.4 Å². The van der Waals surface area contributed by atoms with E-state index < -0.39 is 21.7 Å². The van der Waals surface area contributed by atoms with Gasteiger partial charge in [-0.15, -0.1) is 11.3 Å². The lowest BCUT2D eigenvalue weighted by molar-refractivity contribution is 0.0233. The Balaban J connectivity index is 2.01. The summed E-state index contributed by atoms with van der Waals surface area (Å²) in [5.74, 6) is -0.182. The van der Waals surface area contributed by atoms with Gasteiger partial charge in [0.15, 0.2) is 0 Å². The molecule has 0 radical (unpaired) electrons. The molecular weight excluding hydrogens is 498 g/mol. The van der Waals surface area contributed by atoms with Crippen LogP contribution >= 0.6 is 11.3 Å². The third kappa shape index (κ3) is 6.47. The second kappa shape index (κ2) is 11.0. The molecule has 10 heteroatoms. The Kier molecular flexibility index (Phi) is 8.51. The molecule has 3 rings (SSSR count). The molecule has 0 aliphatic carbocycles. The first-order valence-corrected chi connectivity index (χ1v) is 14.3. The number of aromatic hydroxyl groups is 1. The van der Waals surface area contributed by atoms with Crippen molar-refractivity contribution in [3.63, 3.8) is 0 Å². The minimum atomic E-state index is -3.99. The number of anilines is 1. The average molecular weight is 534 g/mol. The normalized spacial score (nSPS) is 12.2. The lowest BCUT2D eigenvalue weighted by atomic mass is 10.1. The van der Waals surface area contributed by atoms with Gasteiger partial charge < -0.3 is 14.7 Å². The zero-order valence-electron chi connectivity index (χ0n) is 21.7. The molecule has 0 saturated heterocycles. The van der Waals surface area contributed by atoms with Gasteiger partial charge in [0.25, 0.3) is 10.0 Å². The number of benzene rings is 2. The van der Waals surface area contributed by atoms with Crippen LogP contribution in [-0.2, 0) is 21.3 Å². The maximum absolute atomic E-state index is 13.8. The molecule has 1 N–H and O–H groups in total.